The molecule has 0 spiro atoms. The van der Waals surface area contributed by atoms with Gasteiger partial charge >= 0.3 is 0 Å². The van der Waals surface area contributed by atoms with Crippen LogP contribution in [0.2, 0.25) is 0 Å². The van der Waals surface area contributed by atoms with Gasteiger partial charge < -0.3 is 16.4 Å². The minimum Gasteiger partial charge on any atom is -0.350 e. The zero-order chi connectivity index (χ0) is 17.5. The van der Waals surface area contributed by atoms with E-state index in [9.17, 15) is 9.59 Å². The van der Waals surface area contributed by atoms with Crippen LogP contribution in [0, 0.1) is 0 Å². The molecule has 0 aliphatic rings. The van der Waals surface area contributed by atoms with Crippen molar-refractivity contribution in [2.24, 2.45) is 5.73 Å². The largest absolute Gasteiger partial charge is 0.350 e. The van der Waals surface area contributed by atoms with Crippen LogP contribution in [0.1, 0.15) is 35.7 Å². The van der Waals surface area contributed by atoms with Gasteiger partial charge in [-0.15, -0.1) is 0 Å². The van der Waals surface area contributed by atoms with Crippen LogP contribution in [-0.4, -0.2) is 24.4 Å². The first kappa shape index (κ1) is 17.7. The molecule has 0 bridgehead atoms. The molecule has 126 valence electrons. The summed E-state index contributed by atoms with van der Waals surface area (Å²) in [5.74, 6) is -0.704. The first-order valence-corrected chi connectivity index (χ1v) is 7.98. The number of anilines is 1. The molecule has 0 fully saturated rings. The summed E-state index contributed by atoms with van der Waals surface area (Å²) in [6.45, 7) is 4.04. The maximum absolute atomic E-state index is 12.4. The molecule has 1 unspecified atom stereocenters. The molecule has 24 heavy (non-hydrogen) atoms. The number of nitrogens with one attached hydrogen (secondary N) is 2. The highest BCUT2D eigenvalue weighted by Gasteiger charge is 2.19. The average Bonchev–Trinajstić information content (AvgIpc) is 2.56. The molecule has 0 saturated heterocycles. The second-order valence-electron chi connectivity index (χ2n) is 5.89. The summed E-state index contributed by atoms with van der Waals surface area (Å²) in [6, 6.07) is 16.3. The first-order chi connectivity index (χ1) is 11.5. The van der Waals surface area contributed by atoms with Gasteiger partial charge in [-0.2, -0.15) is 0 Å². The summed E-state index contributed by atoms with van der Waals surface area (Å²) in [6.07, 6.45) is 0. The topological polar surface area (TPSA) is 84.2 Å². The number of nitrogens with two attached hydrogens (primary N) is 1. The van der Waals surface area contributed by atoms with Crippen molar-refractivity contribution in [1.29, 1.82) is 0 Å². The van der Waals surface area contributed by atoms with Crippen molar-refractivity contribution in [3.8, 4) is 0 Å². The third-order valence-electron chi connectivity index (χ3n) is 3.59. The lowest BCUT2D eigenvalue weighted by atomic mass is 9.98. The molecule has 4 N–H and O–H groups in total. The van der Waals surface area contributed by atoms with E-state index in [1.54, 1.807) is 24.3 Å². The van der Waals surface area contributed by atoms with Crippen molar-refractivity contribution in [3.05, 3.63) is 65.7 Å². The lowest BCUT2D eigenvalue weighted by Gasteiger charge is -2.15. The highest BCUT2D eigenvalue weighted by molar-refractivity contribution is 5.97. The van der Waals surface area contributed by atoms with Crippen LogP contribution < -0.4 is 16.4 Å². The Labute approximate surface area is 142 Å². The Hall–Kier alpha value is -2.66. The SMILES string of the molecule is CC(C)NC(=O)c1ccc(NC(=O)C(CN)c2ccccc2)cc1. The Morgan fingerprint density at radius 1 is 1.00 bits per heavy atom. The van der Waals surface area contributed by atoms with E-state index < -0.39 is 5.92 Å². The summed E-state index contributed by atoms with van der Waals surface area (Å²) in [4.78, 5) is 24.4. The summed E-state index contributed by atoms with van der Waals surface area (Å²) < 4.78 is 0. The molecule has 1 atom stereocenters. The lowest BCUT2D eigenvalue weighted by Crippen LogP contribution is -2.30. The zero-order valence-corrected chi connectivity index (χ0v) is 14.0. The summed E-state index contributed by atoms with van der Waals surface area (Å²) >= 11 is 0. The second kappa shape index (κ2) is 8.26. The quantitative estimate of drug-likeness (QED) is 0.763. The molecule has 0 aliphatic heterocycles. The van der Waals surface area contributed by atoms with Gasteiger partial charge in [-0.25, -0.2) is 0 Å². The zero-order valence-electron chi connectivity index (χ0n) is 14.0. The Kier molecular flexibility index (Phi) is 6.09. The van der Waals surface area contributed by atoms with Gasteiger partial charge in [-0.05, 0) is 43.7 Å². The van der Waals surface area contributed by atoms with E-state index in [2.05, 4.69) is 10.6 Å². The van der Waals surface area contributed by atoms with Crippen molar-refractivity contribution in [2.75, 3.05) is 11.9 Å². The molecule has 0 saturated carbocycles. The summed E-state index contributed by atoms with van der Waals surface area (Å²) in [5, 5.41) is 5.67. The fourth-order valence-corrected chi connectivity index (χ4v) is 2.36. The molecule has 0 aromatic heterocycles. The minimum absolute atomic E-state index is 0.0769. The normalized spacial score (nSPS) is 11.8. The van der Waals surface area contributed by atoms with Gasteiger partial charge in [0, 0.05) is 23.8 Å². The van der Waals surface area contributed by atoms with Crippen LogP contribution in [-0.2, 0) is 4.79 Å². The molecule has 2 rings (SSSR count). The van der Waals surface area contributed by atoms with Crippen LogP contribution in [0.25, 0.3) is 0 Å². The van der Waals surface area contributed by atoms with Crippen molar-refractivity contribution < 1.29 is 9.59 Å². The third kappa shape index (κ3) is 4.67. The van der Waals surface area contributed by atoms with Crippen LogP contribution >= 0.6 is 0 Å². The van der Waals surface area contributed by atoms with E-state index >= 15 is 0 Å². The molecule has 0 aliphatic carbocycles. The number of hydrogen-bond acceptors (Lipinski definition) is 3. The fourth-order valence-electron chi connectivity index (χ4n) is 2.36. The van der Waals surface area contributed by atoms with E-state index in [0.29, 0.717) is 11.3 Å². The maximum Gasteiger partial charge on any atom is 0.251 e. The van der Waals surface area contributed by atoms with Crippen molar-refractivity contribution >= 4 is 17.5 Å². The molecule has 0 radical (unpaired) electrons. The fraction of sp³-hybridized carbons (Fsp3) is 0.263. The third-order valence-corrected chi connectivity index (χ3v) is 3.59. The van der Waals surface area contributed by atoms with Crippen LogP contribution in [0.5, 0.6) is 0 Å². The van der Waals surface area contributed by atoms with Gasteiger partial charge in [0.25, 0.3) is 5.91 Å². The summed E-state index contributed by atoms with van der Waals surface area (Å²) in [5.41, 5.74) is 7.83. The van der Waals surface area contributed by atoms with Crippen molar-refractivity contribution in [1.82, 2.24) is 5.32 Å². The Bertz CT molecular complexity index is 682. The predicted octanol–water partition coefficient (Wildman–Crippen LogP) is 2.51. The first-order valence-electron chi connectivity index (χ1n) is 7.98. The molecule has 5 nitrogen and oxygen atoms in total. The molecule has 2 amide bonds. The standard InChI is InChI=1S/C19H23N3O2/c1-13(2)21-18(23)15-8-10-16(11-9-15)22-19(24)17(12-20)14-6-4-3-5-7-14/h3-11,13,17H,12,20H2,1-2H3,(H,21,23)(H,22,24). The highest BCUT2D eigenvalue weighted by Crippen LogP contribution is 2.18. The second-order valence-corrected chi connectivity index (χ2v) is 5.89. The average molecular weight is 325 g/mol. The number of amides is 2. The van der Waals surface area contributed by atoms with Gasteiger partial charge in [0.15, 0.2) is 0 Å². The molecule has 0 heterocycles. The minimum atomic E-state index is -0.407. The van der Waals surface area contributed by atoms with Gasteiger partial charge in [-0.3, -0.25) is 9.59 Å². The van der Waals surface area contributed by atoms with Crippen LogP contribution in [0.4, 0.5) is 5.69 Å². The maximum atomic E-state index is 12.4. The number of carbonyl (C=O) groups excluding carboxylic acids is 2. The lowest BCUT2D eigenvalue weighted by molar-refractivity contribution is -0.117. The molecule has 2 aromatic rings. The molecular formula is C19H23N3O2. The van der Waals surface area contributed by atoms with Crippen LogP contribution in [0.3, 0.4) is 0 Å². The van der Waals surface area contributed by atoms with E-state index in [-0.39, 0.29) is 24.4 Å². The monoisotopic (exact) mass is 325 g/mol. The van der Waals surface area contributed by atoms with E-state index in [1.165, 1.54) is 0 Å². The van der Waals surface area contributed by atoms with E-state index in [1.807, 2.05) is 44.2 Å². The van der Waals surface area contributed by atoms with Gasteiger partial charge in [0.05, 0.1) is 5.92 Å². The number of rotatable bonds is 6. The molecule has 5 heteroatoms. The Morgan fingerprint density at radius 2 is 1.62 bits per heavy atom. The van der Waals surface area contributed by atoms with E-state index in [0.717, 1.165) is 5.56 Å². The molecule has 2 aromatic carbocycles. The van der Waals surface area contributed by atoms with E-state index in [4.69, 9.17) is 5.73 Å². The smallest absolute Gasteiger partial charge is 0.251 e. The predicted molar refractivity (Wildman–Crippen MR) is 95.9 cm³/mol. The van der Waals surface area contributed by atoms with Gasteiger partial charge in [-0.1, -0.05) is 30.3 Å². The number of hydrogen-bond donors (Lipinski definition) is 3. The van der Waals surface area contributed by atoms with Gasteiger partial charge in [0.2, 0.25) is 5.91 Å². The summed E-state index contributed by atoms with van der Waals surface area (Å²) in [7, 11) is 0. The Balaban J connectivity index is 2.05. The number of carbonyl (C=O) groups is 2. The highest BCUT2D eigenvalue weighted by atomic mass is 16.2. The van der Waals surface area contributed by atoms with Gasteiger partial charge in [0.1, 0.15) is 0 Å². The van der Waals surface area contributed by atoms with Crippen LogP contribution in [0.15, 0.2) is 54.6 Å². The number of benzene rings is 2. The van der Waals surface area contributed by atoms with Crippen molar-refractivity contribution in [3.63, 3.8) is 0 Å². The van der Waals surface area contributed by atoms with Crippen molar-refractivity contribution in [2.45, 2.75) is 25.8 Å². The Morgan fingerprint density at radius 3 is 2.17 bits per heavy atom. The molecular weight excluding hydrogens is 302 g/mol.